The summed E-state index contributed by atoms with van der Waals surface area (Å²) in [6.45, 7) is 1.57. The summed E-state index contributed by atoms with van der Waals surface area (Å²) in [4.78, 5) is 0. The molecule has 0 saturated carbocycles. The van der Waals surface area contributed by atoms with Gasteiger partial charge in [0, 0.05) is 13.0 Å². The van der Waals surface area contributed by atoms with Crippen molar-refractivity contribution in [2.75, 3.05) is 0 Å². The van der Waals surface area contributed by atoms with Crippen LogP contribution in [0.5, 0.6) is 0 Å². The maximum absolute atomic E-state index is 6.08. The van der Waals surface area contributed by atoms with Crippen LogP contribution < -0.4 is 0 Å². The second-order valence-corrected chi connectivity index (χ2v) is 5.64. The minimum absolute atomic E-state index is 0.123. The number of H-pyrrole nitrogens is 1. The first-order valence-electron chi connectivity index (χ1n) is 7.46. The molecule has 1 unspecified atom stereocenters. The van der Waals surface area contributed by atoms with Crippen molar-refractivity contribution in [3.8, 4) is 0 Å². The van der Waals surface area contributed by atoms with Crippen molar-refractivity contribution in [2.45, 2.75) is 57.8 Å². The normalized spacial score (nSPS) is 21.5. The van der Waals surface area contributed by atoms with Crippen LogP contribution in [0.15, 0.2) is 6.20 Å². The predicted octanol–water partition coefficient (Wildman–Crippen LogP) is 1.93. The Kier molecular flexibility index (Phi) is 3.03. The lowest BCUT2D eigenvalue weighted by molar-refractivity contribution is 0.0200. The van der Waals surface area contributed by atoms with Crippen LogP contribution in [0.3, 0.4) is 0 Å². The first-order valence-corrected chi connectivity index (χ1v) is 7.46. The van der Waals surface area contributed by atoms with Crippen molar-refractivity contribution in [3.63, 3.8) is 0 Å². The Morgan fingerprint density at radius 1 is 1.25 bits per heavy atom. The van der Waals surface area contributed by atoms with Crippen molar-refractivity contribution in [2.24, 2.45) is 0 Å². The van der Waals surface area contributed by atoms with E-state index in [1.807, 2.05) is 6.20 Å². The Bertz CT molecular complexity index is 602. The quantitative estimate of drug-likeness (QED) is 0.927. The predicted molar refractivity (Wildman–Crippen MR) is 72.0 cm³/mol. The smallest absolute Gasteiger partial charge is 0.159 e. The number of rotatable bonds is 3. The third kappa shape index (κ3) is 2.04. The van der Waals surface area contributed by atoms with Gasteiger partial charge in [-0.3, -0.25) is 5.10 Å². The van der Waals surface area contributed by atoms with E-state index in [9.17, 15) is 0 Å². The van der Waals surface area contributed by atoms with Gasteiger partial charge in [-0.05, 0) is 37.7 Å². The lowest BCUT2D eigenvalue weighted by atomic mass is 9.96. The molecular weight excluding hydrogens is 254 g/mol. The van der Waals surface area contributed by atoms with Crippen molar-refractivity contribution < 1.29 is 4.74 Å². The van der Waals surface area contributed by atoms with Crippen LogP contribution in [0.25, 0.3) is 0 Å². The number of hydrogen-bond donors (Lipinski definition) is 1. The van der Waals surface area contributed by atoms with Crippen molar-refractivity contribution in [1.29, 1.82) is 0 Å². The van der Waals surface area contributed by atoms with Gasteiger partial charge in [0.05, 0.1) is 18.0 Å². The van der Waals surface area contributed by atoms with E-state index >= 15 is 0 Å². The van der Waals surface area contributed by atoms with Gasteiger partial charge in [-0.15, -0.1) is 10.2 Å². The molecule has 6 nitrogen and oxygen atoms in total. The zero-order valence-corrected chi connectivity index (χ0v) is 11.5. The zero-order chi connectivity index (χ0) is 13.4. The molecule has 0 radical (unpaired) electrons. The van der Waals surface area contributed by atoms with Crippen LogP contribution in [-0.2, 0) is 30.7 Å². The number of aromatic amines is 1. The van der Waals surface area contributed by atoms with E-state index in [1.54, 1.807) is 0 Å². The Balaban J connectivity index is 1.48. The second kappa shape index (κ2) is 5.01. The van der Waals surface area contributed by atoms with E-state index in [0.29, 0.717) is 6.61 Å². The molecule has 0 aromatic carbocycles. The maximum atomic E-state index is 6.08. The van der Waals surface area contributed by atoms with Crippen LogP contribution in [0.4, 0.5) is 0 Å². The molecule has 2 aromatic heterocycles. The van der Waals surface area contributed by atoms with Gasteiger partial charge in [0.15, 0.2) is 5.82 Å². The average molecular weight is 273 g/mol. The number of aryl methyl sites for hydroxylation is 2. The minimum atomic E-state index is 0.123. The summed E-state index contributed by atoms with van der Waals surface area (Å²) in [6.07, 6.45) is 8.84. The van der Waals surface area contributed by atoms with E-state index in [1.165, 1.54) is 18.4 Å². The molecule has 0 spiro atoms. The summed E-state index contributed by atoms with van der Waals surface area (Å²) >= 11 is 0. The van der Waals surface area contributed by atoms with Gasteiger partial charge in [0.25, 0.3) is 0 Å². The van der Waals surface area contributed by atoms with Crippen LogP contribution in [0.1, 0.15) is 54.7 Å². The first kappa shape index (κ1) is 12.1. The van der Waals surface area contributed by atoms with Gasteiger partial charge in [-0.25, -0.2) is 0 Å². The number of nitrogens with one attached hydrogen (secondary N) is 1. The maximum Gasteiger partial charge on any atom is 0.159 e. The molecule has 2 aliphatic rings. The fraction of sp³-hybridized carbons (Fsp3) is 0.643. The highest BCUT2D eigenvalue weighted by molar-refractivity contribution is 5.21. The molecule has 0 amide bonds. The molecule has 4 rings (SSSR count). The highest BCUT2D eigenvalue weighted by atomic mass is 16.5. The van der Waals surface area contributed by atoms with E-state index in [2.05, 4.69) is 25.0 Å². The summed E-state index contributed by atoms with van der Waals surface area (Å²) in [7, 11) is 0. The molecule has 3 heterocycles. The fourth-order valence-electron chi connectivity index (χ4n) is 3.24. The molecule has 0 fully saturated rings. The van der Waals surface area contributed by atoms with Crippen LogP contribution in [0, 0.1) is 0 Å². The van der Waals surface area contributed by atoms with E-state index in [4.69, 9.17) is 4.74 Å². The summed E-state index contributed by atoms with van der Waals surface area (Å²) < 4.78 is 8.31. The SMILES string of the molecule is c1n[nH]c2c1CCCC2OCc1nnc2n1CCCC2. The molecule has 2 aromatic rings. The third-order valence-electron chi connectivity index (χ3n) is 4.34. The van der Waals surface area contributed by atoms with E-state index in [0.717, 1.165) is 49.6 Å². The number of ether oxygens (including phenoxy) is 1. The molecule has 6 heteroatoms. The highest BCUT2D eigenvalue weighted by Gasteiger charge is 2.24. The van der Waals surface area contributed by atoms with Gasteiger partial charge in [-0.1, -0.05) is 0 Å². The molecule has 106 valence electrons. The van der Waals surface area contributed by atoms with Crippen LogP contribution in [-0.4, -0.2) is 25.0 Å². The van der Waals surface area contributed by atoms with Gasteiger partial charge in [0.2, 0.25) is 0 Å². The highest BCUT2D eigenvalue weighted by Crippen LogP contribution is 2.31. The number of fused-ring (bicyclic) bond motifs is 2. The molecule has 0 saturated heterocycles. The lowest BCUT2D eigenvalue weighted by Gasteiger charge is -2.22. The molecule has 1 aliphatic carbocycles. The number of hydrogen-bond acceptors (Lipinski definition) is 4. The fourth-order valence-corrected chi connectivity index (χ4v) is 3.24. The van der Waals surface area contributed by atoms with Crippen LogP contribution in [0.2, 0.25) is 0 Å². The van der Waals surface area contributed by atoms with E-state index < -0.39 is 0 Å². The molecule has 0 bridgehead atoms. The van der Waals surface area contributed by atoms with Crippen molar-refractivity contribution in [3.05, 3.63) is 29.1 Å². The first-order chi connectivity index (χ1) is 9.92. The summed E-state index contributed by atoms with van der Waals surface area (Å²) in [5.74, 6) is 2.08. The van der Waals surface area contributed by atoms with Crippen molar-refractivity contribution >= 4 is 0 Å². The summed E-state index contributed by atoms with van der Waals surface area (Å²) in [6, 6.07) is 0. The van der Waals surface area contributed by atoms with Gasteiger partial charge < -0.3 is 9.30 Å². The minimum Gasteiger partial charge on any atom is -0.364 e. The summed E-state index contributed by atoms with van der Waals surface area (Å²) in [5, 5.41) is 15.8. The van der Waals surface area contributed by atoms with Crippen LogP contribution >= 0.6 is 0 Å². The summed E-state index contributed by atoms with van der Waals surface area (Å²) in [5.41, 5.74) is 2.44. The monoisotopic (exact) mass is 273 g/mol. The average Bonchev–Trinajstić information content (AvgIpc) is 3.12. The largest absolute Gasteiger partial charge is 0.364 e. The number of aromatic nitrogens is 5. The van der Waals surface area contributed by atoms with Gasteiger partial charge >= 0.3 is 0 Å². The molecule has 1 atom stereocenters. The van der Waals surface area contributed by atoms with Gasteiger partial charge in [0.1, 0.15) is 12.4 Å². The van der Waals surface area contributed by atoms with Crippen molar-refractivity contribution in [1.82, 2.24) is 25.0 Å². The Morgan fingerprint density at radius 3 is 3.25 bits per heavy atom. The molecule has 20 heavy (non-hydrogen) atoms. The topological polar surface area (TPSA) is 68.6 Å². The van der Waals surface area contributed by atoms with Gasteiger partial charge in [-0.2, -0.15) is 5.10 Å². The molecule has 1 N–H and O–H groups in total. The standard InChI is InChI=1S/C14H19N5O/c1-2-7-19-12(6-1)16-17-13(19)9-20-11-5-3-4-10-8-15-18-14(10)11/h8,11H,1-7,9H2,(H,15,18). The Morgan fingerprint density at radius 2 is 2.25 bits per heavy atom. The second-order valence-electron chi connectivity index (χ2n) is 5.64. The third-order valence-corrected chi connectivity index (χ3v) is 4.34. The Hall–Kier alpha value is -1.69. The number of nitrogens with zero attached hydrogens (tertiary/aromatic N) is 4. The molecule has 1 aliphatic heterocycles. The lowest BCUT2D eigenvalue weighted by Crippen LogP contribution is -2.16. The zero-order valence-electron chi connectivity index (χ0n) is 11.5. The Labute approximate surface area is 117 Å². The van der Waals surface area contributed by atoms with E-state index in [-0.39, 0.29) is 6.10 Å². The molecular formula is C14H19N5O.